The molecule has 0 saturated carbocycles. The summed E-state index contributed by atoms with van der Waals surface area (Å²) < 4.78 is 26.9. The third-order valence-corrected chi connectivity index (χ3v) is 3.60. The summed E-state index contributed by atoms with van der Waals surface area (Å²) in [5, 5.41) is 11.7. The van der Waals surface area contributed by atoms with Crippen molar-refractivity contribution in [2.24, 2.45) is 0 Å². The molecule has 3 rings (SSSR count). The molecule has 0 saturated heterocycles. The van der Waals surface area contributed by atoms with Crippen LogP contribution in [0, 0.1) is 11.6 Å². The predicted octanol–water partition coefficient (Wildman–Crippen LogP) is 2.28. The van der Waals surface area contributed by atoms with Gasteiger partial charge in [0.1, 0.15) is 18.2 Å². The number of rotatable bonds is 5. The lowest BCUT2D eigenvalue weighted by Crippen LogP contribution is -2.30. The highest BCUT2D eigenvalue weighted by atomic mass is 19.1. The summed E-state index contributed by atoms with van der Waals surface area (Å²) in [6, 6.07) is 12.1. The molecular formula is C17H15F2N5O. The van der Waals surface area contributed by atoms with E-state index in [4.69, 9.17) is 0 Å². The maximum absolute atomic E-state index is 13.7. The van der Waals surface area contributed by atoms with Gasteiger partial charge in [-0.05, 0) is 23.4 Å². The molecule has 0 aliphatic rings. The van der Waals surface area contributed by atoms with E-state index < -0.39 is 5.82 Å². The topological polar surface area (TPSA) is 63.9 Å². The maximum atomic E-state index is 13.7. The number of halogens is 2. The summed E-state index contributed by atoms with van der Waals surface area (Å²) in [5.41, 5.74) is 0.892. The van der Waals surface area contributed by atoms with Crippen LogP contribution >= 0.6 is 0 Å². The lowest BCUT2D eigenvalue weighted by Gasteiger charge is -2.17. The van der Waals surface area contributed by atoms with E-state index >= 15 is 0 Å². The lowest BCUT2D eigenvalue weighted by atomic mass is 10.2. The fourth-order valence-corrected chi connectivity index (χ4v) is 2.27. The Hall–Kier alpha value is -3.16. The third kappa shape index (κ3) is 4.03. The standard InChI is InChI=1S/C17H15F2N5O/c1-23(10-13-5-2-3-8-15(13)19)16(25)11-24-21-17(20-22-24)12-6-4-7-14(18)9-12/h2-9H,10-11H2,1H3. The second kappa shape index (κ2) is 7.16. The molecule has 0 fully saturated rings. The van der Waals surface area contributed by atoms with Crippen LogP contribution in [0.1, 0.15) is 5.56 Å². The Balaban J connectivity index is 1.66. The SMILES string of the molecule is CN(Cc1ccccc1F)C(=O)Cn1nnc(-c2cccc(F)c2)n1. The van der Waals surface area contributed by atoms with E-state index in [1.807, 2.05) is 0 Å². The number of likely N-dealkylation sites (N-methyl/N-ethyl adjacent to an activating group) is 1. The summed E-state index contributed by atoms with van der Waals surface area (Å²) >= 11 is 0. The number of nitrogens with zero attached hydrogens (tertiary/aromatic N) is 5. The van der Waals surface area contributed by atoms with Gasteiger partial charge < -0.3 is 4.90 Å². The molecule has 0 radical (unpaired) electrons. The van der Waals surface area contributed by atoms with E-state index in [0.29, 0.717) is 11.1 Å². The zero-order valence-corrected chi connectivity index (χ0v) is 13.4. The highest BCUT2D eigenvalue weighted by Crippen LogP contribution is 2.14. The van der Waals surface area contributed by atoms with Crippen molar-refractivity contribution < 1.29 is 13.6 Å². The Labute approximate surface area is 142 Å². The number of aromatic nitrogens is 4. The number of hydrogen-bond acceptors (Lipinski definition) is 4. The van der Waals surface area contributed by atoms with E-state index in [9.17, 15) is 13.6 Å². The number of carbonyl (C=O) groups is 1. The Morgan fingerprint density at radius 3 is 2.72 bits per heavy atom. The van der Waals surface area contributed by atoms with Crippen molar-refractivity contribution >= 4 is 5.91 Å². The molecule has 0 unspecified atom stereocenters. The Bertz CT molecular complexity index is 896. The molecule has 128 valence electrons. The third-order valence-electron chi connectivity index (χ3n) is 3.60. The molecule has 3 aromatic rings. The number of benzene rings is 2. The smallest absolute Gasteiger partial charge is 0.246 e. The van der Waals surface area contributed by atoms with Gasteiger partial charge in [0.25, 0.3) is 0 Å². The van der Waals surface area contributed by atoms with Gasteiger partial charge in [0.05, 0.1) is 0 Å². The molecule has 0 aliphatic carbocycles. The van der Waals surface area contributed by atoms with E-state index in [2.05, 4.69) is 15.4 Å². The van der Waals surface area contributed by atoms with Crippen LogP contribution in [0.25, 0.3) is 11.4 Å². The second-order valence-electron chi connectivity index (χ2n) is 5.50. The molecule has 0 bridgehead atoms. The first-order chi connectivity index (χ1) is 12.0. The molecule has 8 heteroatoms. The van der Waals surface area contributed by atoms with E-state index in [1.165, 1.54) is 23.1 Å². The average Bonchev–Trinajstić information content (AvgIpc) is 3.05. The Morgan fingerprint density at radius 1 is 1.16 bits per heavy atom. The molecule has 0 atom stereocenters. The molecule has 25 heavy (non-hydrogen) atoms. The molecule has 0 spiro atoms. The van der Waals surface area contributed by atoms with Crippen molar-refractivity contribution in [3.8, 4) is 11.4 Å². The van der Waals surface area contributed by atoms with E-state index in [0.717, 1.165) is 4.80 Å². The van der Waals surface area contributed by atoms with Gasteiger partial charge in [0, 0.05) is 24.7 Å². The van der Waals surface area contributed by atoms with E-state index in [1.54, 1.807) is 37.4 Å². The van der Waals surface area contributed by atoms with Crippen LogP contribution < -0.4 is 0 Å². The van der Waals surface area contributed by atoms with Crippen LogP contribution in [0.5, 0.6) is 0 Å². The molecular weight excluding hydrogens is 328 g/mol. The van der Waals surface area contributed by atoms with Gasteiger partial charge in [0.15, 0.2) is 0 Å². The van der Waals surface area contributed by atoms with Crippen molar-refractivity contribution in [3.05, 3.63) is 65.7 Å². The molecule has 0 N–H and O–H groups in total. The van der Waals surface area contributed by atoms with Crippen LogP contribution in [0.3, 0.4) is 0 Å². The number of carbonyl (C=O) groups excluding carboxylic acids is 1. The summed E-state index contributed by atoms with van der Waals surface area (Å²) in [5.74, 6) is -0.848. The largest absolute Gasteiger partial charge is 0.340 e. The van der Waals surface area contributed by atoms with Gasteiger partial charge in [-0.2, -0.15) is 4.80 Å². The van der Waals surface area contributed by atoms with Crippen molar-refractivity contribution in [2.75, 3.05) is 7.05 Å². The minimum Gasteiger partial charge on any atom is -0.340 e. The first kappa shape index (κ1) is 16.7. The minimum atomic E-state index is -0.408. The normalized spacial score (nSPS) is 10.7. The van der Waals surface area contributed by atoms with Crippen LogP contribution in [0.2, 0.25) is 0 Å². The summed E-state index contributed by atoms with van der Waals surface area (Å²) in [6.45, 7) is -0.00970. The Kier molecular flexibility index (Phi) is 4.78. The number of tetrazole rings is 1. The predicted molar refractivity (Wildman–Crippen MR) is 86.1 cm³/mol. The fourth-order valence-electron chi connectivity index (χ4n) is 2.27. The van der Waals surface area contributed by atoms with Gasteiger partial charge in [0.2, 0.25) is 11.7 Å². The quantitative estimate of drug-likeness (QED) is 0.713. The highest BCUT2D eigenvalue weighted by Gasteiger charge is 2.14. The van der Waals surface area contributed by atoms with Crippen LogP contribution in [0.15, 0.2) is 48.5 Å². The van der Waals surface area contributed by atoms with E-state index in [-0.39, 0.29) is 30.6 Å². The van der Waals surface area contributed by atoms with Crippen molar-refractivity contribution in [1.82, 2.24) is 25.1 Å². The summed E-state index contributed by atoms with van der Waals surface area (Å²) in [7, 11) is 1.57. The molecule has 1 aromatic heterocycles. The molecule has 0 aliphatic heterocycles. The van der Waals surface area contributed by atoms with Gasteiger partial charge in [-0.15, -0.1) is 10.2 Å². The lowest BCUT2D eigenvalue weighted by molar-refractivity contribution is -0.131. The molecule has 1 amide bonds. The zero-order valence-electron chi connectivity index (χ0n) is 13.4. The Morgan fingerprint density at radius 2 is 1.96 bits per heavy atom. The molecule has 6 nitrogen and oxygen atoms in total. The van der Waals surface area contributed by atoms with Gasteiger partial charge in [-0.25, -0.2) is 8.78 Å². The van der Waals surface area contributed by atoms with Gasteiger partial charge in [-0.1, -0.05) is 30.3 Å². The maximum Gasteiger partial charge on any atom is 0.246 e. The van der Waals surface area contributed by atoms with Gasteiger partial charge in [-0.3, -0.25) is 4.79 Å². The van der Waals surface area contributed by atoms with Crippen LogP contribution in [-0.2, 0) is 17.9 Å². The highest BCUT2D eigenvalue weighted by molar-refractivity contribution is 5.75. The molecule has 1 heterocycles. The van der Waals surface area contributed by atoms with Crippen LogP contribution in [-0.4, -0.2) is 38.1 Å². The zero-order chi connectivity index (χ0) is 17.8. The van der Waals surface area contributed by atoms with Crippen molar-refractivity contribution in [2.45, 2.75) is 13.1 Å². The van der Waals surface area contributed by atoms with Gasteiger partial charge >= 0.3 is 0 Å². The average molecular weight is 343 g/mol. The van der Waals surface area contributed by atoms with Crippen LogP contribution in [0.4, 0.5) is 8.78 Å². The monoisotopic (exact) mass is 343 g/mol. The minimum absolute atomic E-state index is 0.136. The first-order valence-electron chi connectivity index (χ1n) is 7.54. The number of amides is 1. The first-order valence-corrected chi connectivity index (χ1v) is 7.54. The summed E-state index contributed by atoms with van der Waals surface area (Å²) in [6.07, 6.45) is 0. The van der Waals surface area contributed by atoms with Crippen molar-refractivity contribution in [1.29, 1.82) is 0 Å². The fraction of sp³-hybridized carbons (Fsp3) is 0.176. The molecule has 2 aromatic carbocycles. The number of hydrogen-bond donors (Lipinski definition) is 0. The summed E-state index contributed by atoms with van der Waals surface area (Å²) in [4.78, 5) is 14.7. The second-order valence-corrected chi connectivity index (χ2v) is 5.50. The van der Waals surface area contributed by atoms with Crippen molar-refractivity contribution in [3.63, 3.8) is 0 Å².